The number of pyridine rings is 1. The standard InChI is InChI=1S/C15H27N3/c1-4-5-10-16-13-14(2)18(3)12-9-15-8-6-7-11-17-15/h6-8,11,14,16H,4-5,9-10,12-13H2,1-3H3. The van der Waals surface area contributed by atoms with Gasteiger partial charge in [-0.2, -0.15) is 0 Å². The molecular formula is C15H27N3. The van der Waals surface area contributed by atoms with Crippen LogP contribution in [0.2, 0.25) is 0 Å². The van der Waals surface area contributed by atoms with Gasteiger partial charge in [0, 0.05) is 37.4 Å². The van der Waals surface area contributed by atoms with Crippen molar-refractivity contribution in [2.45, 2.75) is 39.2 Å². The fourth-order valence-electron chi connectivity index (χ4n) is 1.83. The predicted octanol–water partition coefficient (Wildman–Crippen LogP) is 2.33. The van der Waals surface area contributed by atoms with Gasteiger partial charge in [-0.05, 0) is 39.1 Å². The molecule has 3 nitrogen and oxygen atoms in total. The van der Waals surface area contributed by atoms with E-state index in [4.69, 9.17) is 0 Å². The van der Waals surface area contributed by atoms with Gasteiger partial charge in [0.1, 0.15) is 0 Å². The van der Waals surface area contributed by atoms with Crippen LogP contribution in [0, 0.1) is 0 Å². The molecule has 0 spiro atoms. The molecule has 0 aliphatic carbocycles. The molecule has 0 aliphatic heterocycles. The summed E-state index contributed by atoms with van der Waals surface area (Å²) >= 11 is 0. The van der Waals surface area contributed by atoms with Gasteiger partial charge in [-0.15, -0.1) is 0 Å². The summed E-state index contributed by atoms with van der Waals surface area (Å²) in [6, 6.07) is 6.69. The second-order valence-corrected chi connectivity index (χ2v) is 4.96. The van der Waals surface area contributed by atoms with Gasteiger partial charge in [0.25, 0.3) is 0 Å². The third-order valence-corrected chi connectivity index (χ3v) is 3.35. The van der Waals surface area contributed by atoms with Crippen molar-refractivity contribution in [3.8, 4) is 0 Å². The zero-order valence-electron chi connectivity index (χ0n) is 12.0. The van der Waals surface area contributed by atoms with Crippen molar-refractivity contribution in [1.29, 1.82) is 0 Å². The van der Waals surface area contributed by atoms with E-state index in [9.17, 15) is 0 Å². The van der Waals surface area contributed by atoms with Crippen LogP contribution in [0.15, 0.2) is 24.4 Å². The van der Waals surface area contributed by atoms with E-state index >= 15 is 0 Å². The molecule has 0 saturated heterocycles. The Hall–Kier alpha value is -0.930. The van der Waals surface area contributed by atoms with Gasteiger partial charge >= 0.3 is 0 Å². The third kappa shape index (κ3) is 6.12. The zero-order valence-corrected chi connectivity index (χ0v) is 12.0. The molecule has 18 heavy (non-hydrogen) atoms. The number of nitrogens with one attached hydrogen (secondary N) is 1. The van der Waals surface area contributed by atoms with E-state index in [2.05, 4.69) is 48.2 Å². The fourth-order valence-corrected chi connectivity index (χ4v) is 1.83. The van der Waals surface area contributed by atoms with E-state index in [0.717, 1.165) is 26.1 Å². The highest BCUT2D eigenvalue weighted by Crippen LogP contribution is 2.00. The molecule has 1 N–H and O–H groups in total. The molecule has 1 aromatic rings. The van der Waals surface area contributed by atoms with Gasteiger partial charge in [-0.3, -0.25) is 4.98 Å². The number of rotatable bonds is 9. The van der Waals surface area contributed by atoms with Gasteiger partial charge in [0.15, 0.2) is 0 Å². The van der Waals surface area contributed by atoms with Crippen LogP contribution in [0.3, 0.4) is 0 Å². The van der Waals surface area contributed by atoms with Crippen molar-refractivity contribution in [3.63, 3.8) is 0 Å². The lowest BCUT2D eigenvalue weighted by Gasteiger charge is -2.24. The molecule has 0 bridgehead atoms. The van der Waals surface area contributed by atoms with Gasteiger partial charge in [-0.25, -0.2) is 0 Å². The van der Waals surface area contributed by atoms with Gasteiger partial charge < -0.3 is 10.2 Å². The second kappa shape index (κ2) is 9.06. The highest BCUT2D eigenvalue weighted by molar-refractivity contribution is 5.03. The van der Waals surface area contributed by atoms with Gasteiger partial charge in [-0.1, -0.05) is 19.4 Å². The summed E-state index contributed by atoms with van der Waals surface area (Å²) in [5.41, 5.74) is 1.18. The van der Waals surface area contributed by atoms with Crippen LogP contribution < -0.4 is 5.32 Å². The van der Waals surface area contributed by atoms with E-state index in [1.54, 1.807) is 0 Å². The Balaban J connectivity index is 2.17. The Morgan fingerprint density at radius 3 is 2.89 bits per heavy atom. The average molecular weight is 249 g/mol. The average Bonchev–Trinajstić information content (AvgIpc) is 2.42. The normalized spacial score (nSPS) is 12.9. The summed E-state index contributed by atoms with van der Waals surface area (Å²) in [6.07, 6.45) is 5.42. The first-order chi connectivity index (χ1) is 8.74. The number of hydrogen-bond donors (Lipinski definition) is 1. The quantitative estimate of drug-likeness (QED) is 0.681. The van der Waals surface area contributed by atoms with Crippen molar-refractivity contribution >= 4 is 0 Å². The molecule has 1 atom stereocenters. The van der Waals surface area contributed by atoms with Crippen LogP contribution in [0.5, 0.6) is 0 Å². The number of nitrogens with zero attached hydrogens (tertiary/aromatic N) is 2. The lowest BCUT2D eigenvalue weighted by atomic mass is 10.2. The Labute approximate surface area is 112 Å². The molecular weight excluding hydrogens is 222 g/mol. The largest absolute Gasteiger partial charge is 0.315 e. The van der Waals surface area contributed by atoms with Crippen LogP contribution in [-0.4, -0.2) is 42.6 Å². The van der Waals surface area contributed by atoms with E-state index in [1.165, 1.54) is 18.5 Å². The number of aromatic nitrogens is 1. The van der Waals surface area contributed by atoms with Crippen molar-refractivity contribution in [3.05, 3.63) is 30.1 Å². The predicted molar refractivity (Wildman–Crippen MR) is 77.8 cm³/mol. The van der Waals surface area contributed by atoms with E-state index < -0.39 is 0 Å². The smallest absolute Gasteiger partial charge is 0.0416 e. The molecule has 0 amide bonds. The van der Waals surface area contributed by atoms with E-state index in [1.807, 2.05) is 12.3 Å². The number of hydrogen-bond acceptors (Lipinski definition) is 3. The molecule has 0 radical (unpaired) electrons. The highest BCUT2D eigenvalue weighted by Gasteiger charge is 2.08. The summed E-state index contributed by atoms with van der Waals surface area (Å²) in [6.45, 7) is 7.77. The first-order valence-corrected chi connectivity index (χ1v) is 7.05. The van der Waals surface area contributed by atoms with Crippen LogP contribution in [0.25, 0.3) is 0 Å². The molecule has 3 heteroatoms. The molecule has 102 valence electrons. The lowest BCUT2D eigenvalue weighted by molar-refractivity contribution is 0.253. The van der Waals surface area contributed by atoms with E-state index in [-0.39, 0.29) is 0 Å². The van der Waals surface area contributed by atoms with Gasteiger partial charge in [0.2, 0.25) is 0 Å². The van der Waals surface area contributed by atoms with Crippen molar-refractivity contribution in [1.82, 2.24) is 15.2 Å². The van der Waals surface area contributed by atoms with Crippen LogP contribution >= 0.6 is 0 Å². The SMILES string of the molecule is CCCCNCC(C)N(C)CCc1ccccn1. The van der Waals surface area contributed by atoms with Crippen LogP contribution in [0.4, 0.5) is 0 Å². The Bertz CT molecular complexity index is 300. The van der Waals surface area contributed by atoms with Crippen LogP contribution in [-0.2, 0) is 6.42 Å². The number of unbranched alkanes of at least 4 members (excludes halogenated alkanes) is 1. The summed E-state index contributed by atoms with van der Waals surface area (Å²) in [7, 11) is 2.19. The molecule has 1 aromatic heterocycles. The van der Waals surface area contributed by atoms with Crippen molar-refractivity contribution in [2.75, 3.05) is 26.7 Å². The minimum atomic E-state index is 0.575. The molecule has 0 aromatic carbocycles. The first-order valence-electron chi connectivity index (χ1n) is 7.05. The molecule has 1 heterocycles. The molecule has 1 rings (SSSR count). The summed E-state index contributed by atoms with van der Waals surface area (Å²) in [4.78, 5) is 6.75. The Morgan fingerprint density at radius 2 is 2.22 bits per heavy atom. The number of likely N-dealkylation sites (N-methyl/N-ethyl adjacent to an activating group) is 1. The molecule has 1 unspecified atom stereocenters. The van der Waals surface area contributed by atoms with Crippen LogP contribution in [0.1, 0.15) is 32.4 Å². The fraction of sp³-hybridized carbons (Fsp3) is 0.667. The minimum Gasteiger partial charge on any atom is -0.315 e. The van der Waals surface area contributed by atoms with Gasteiger partial charge in [0.05, 0.1) is 0 Å². The third-order valence-electron chi connectivity index (χ3n) is 3.35. The topological polar surface area (TPSA) is 28.2 Å². The summed E-state index contributed by atoms with van der Waals surface area (Å²) < 4.78 is 0. The second-order valence-electron chi connectivity index (χ2n) is 4.96. The Morgan fingerprint density at radius 1 is 1.39 bits per heavy atom. The monoisotopic (exact) mass is 249 g/mol. The maximum Gasteiger partial charge on any atom is 0.0416 e. The first kappa shape index (κ1) is 15.1. The molecule has 0 saturated carbocycles. The minimum absolute atomic E-state index is 0.575. The van der Waals surface area contributed by atoms with E-state index in [0.29, 0.717) is 6.04 Å². The maximum absolute atomic E-state index is 4.35. The van der Waals surface area contributed by atoms with Crippen molar-refractivity contribution in [2.24, 2.45) is 0 Å². The highest BCUT2D eigenvalue weighted by atomic mass is 15.1. The molecule has 0 aliphatic rings. The summed E-state index contributed by atoms with van der Waals surface area (Å²) in [5, 5.41) is 3.51. The Kier molecular flexibility index (Phi) is 7.62. The maximum atomic E-state index is 4.35. The molecule has 0 fully saturated rings. The zero-order chi connectivity index (χ0) is 13.2. The van der Waals surface area contributed by atoms with Crippen molar-refractivity contribution < 1.29 is 0 Å². The summed E-state index contributed by atoms with van der Waals surface area (Å²) in [5.74, 6) is 0. The lowest BCUT2D eigenvalue weighted by Crippen LogP contribution is -2.39.